The molecule has 2 aliphatic rings. The zero-order chi connectivity index (χ0) is 16.2. The number of aliphatic hydroxyl groups is 1. The van der Waals surface area contributed by atoms with Crippen LogP contribution in [0.5, 0.6) is 0 Å². The van der Waals surface area contributed by atoms with E-state index in [0.717, 1.165) is 5.57 Å². The first-order valence-corrected chi connectivity index (χ1v) is 10.6. The van der Waals surface area contributed by atoms with Gasteiger partial charge in [-0.2, -0.15) is 0 Å². The van der Waals surface area contributed by atoms with E-state index >= 15 is 0 Å². The largest absolute Gasteiger partial charge is 0.416 e. The van der Waals surface area contributed by atoms with Crippen molar-refractivity contribution in [2.24, 2.45) is 5.92 Å². The molecule has 0 spiro atoms. The molecule has 2 rings (SSSR count). The molecule has 2 fully saturated rings. The summed E-state index contributed by atoms with van der Waals surface area (Å²) in [7, 11) is -1.82. The highest BCUT2D eigenvalue weighted by Crippen LogP contribution is 2.45. The standard InChI is InChI=1S/C16H30O4Si/c1-10-11(9-18-21(7,8)15(2,3)4)13-14(12(10)17)20-16(5,6)19-13/h11-14,17H,1,9H2,2-8H3/t11-,12+,13+,14-/m0/s1. The van der Waals surface area contributed by atoms with Crippen molar-refractivity contribution in [3.63, 3.8) is 0 Å². The minimum atomic E-state index is -1.82. The summed E-state index contributed by atoms with van der Waals surface area (Å²) < 4.78 is 18.1. The Labute approximate surface area is 129 Å². The van der Waals surface area contributed by atoms with E-state index in [-0.39, 0.29) is 23.2 Å². The number of fused-ring (bicyclic) bond motifs is 1. The van der Waals surface area contributed by atoms with E-state index in [1.807, 2.05) is 13.8 Å². The molecule has 1 saturated heterocycles. The van der Waals surface area contributed by atoms with Crippen molar-refractivity contribution < 1.29 is 19.0 Å². The maximum Gasteiger partial charge on any atom is 0.192 e. The second-order valence-electron chi connectivity index (χ2n) is 8.26. The summed E-state index contributed by atoms with van der Waals surface area (Å²) in [5.41, 5.74) is 0.777. The highest BCUT2D eigenvalue weighted by atomic mass is 28.4. The van der Waals surface area contributed by atoms with E-state index in [2.05, 4.69) is 40.4 Å². The second-order valence-corrected chi connectivity index (χ2v) is 13.1. The molecule has 1 aliphatic heterocycles. The van der Waals surface area contributed by atoms with E-state index in [9.17, 15) is 5.11 Å². The van der Waals surface area contributed by atoms with Gasteiger partial charge in [-0.1, -0.05) is 27.4 Å². The Morgan fingerprint density at radius 2 is 1.76 bits per heavy atom. The third-order valence-corrected chi connectivity index (χ3v) is 9.66. The molecule has 122 valence electrons. The zero-order valence-electron chi connectivity index (χ0n) is 14.4. The maximum atomic E-state index is 10.3. The van der Waals surface area contributed by atoms with Crippen LogP contribution in [0.3, 0.4) is 0 Å². The van der Waals surface area contributed by atoms with Gasteiger partial charge in [-0.3, -0.25) is 0 Å². The van der Waals surface area contributed by atoms with Crippen molar-refractivity contribution >= 4 is 8.32 Å². The van der Waals surface area contributed by atoms with Crippen LogP contribution in [0, 0.1) is 5.92 Å². The summed E-state index contributed by atoms with van der Waals surface area (Å²) in [5.74, 6) is -0.646. The molecule has 1 saturated carbocycles. The number of hydrogen-bond donors (Lipinski definition) is 1. The van der Waals surface area contributed by atoms with Crippen LogP contribution in [0.2, 0.25) is 18.1 Å². The van der Waals surface area contributed by atoms with E-state index < -0.39 is 20.2 Å². The highest BCUT2D eigenvalue weighted by molar-refractivity contribution is 6.74. The lowest BCUT2D eigenvalue weighted by Crippen LogP contribution is -2.43. The van der Waals surface area contributed by atoms with Crippen LogP contribution in [-0.4, -0.2) is 44.1 Å². The molecule has 1 N–H and O–H groups in total. The zero-order valence-corrected chi connectivity index (χ0v) is 15.4. The van der Waals surface area contributed by atoms with Gasteiger partial charge in [0.2, 0.25) is 0 Å². The Kier molecular flexibility index (Phi) is 4.22. The van der Waals surface area contributed by atoms with Gasteiger partial charge in [0, 0.05) is 12.5 Å². The predicted octanol–water partition coefficient (Wildman–Crippen LogP) is 3.08. The van der Waals surface area contributed by atoms with Crippen LogP contribution in [0.4, 0.5) is 0 Å². The van der Waals surface area contributed by atoms with E-state index in [1.165, 1.54) is 0 Å². The summed E-state index contributed by atoms with van der Waals surface area (Å²) in [6.45, 7) is 19.5. The minimum Gasteiger partial charge on any atom is -0.416 e. The molecular weight excluding hydrogens is 284 g/mol. The lowest BCUT2D eigenvalue weighted by atomic mass is 10.0. The maximum absolute atomic E-state index is 10.3. The lowest BCUT2D eigenvalue weighted by molar-refractivity contribution is -0.161. The van der Waals surface area contributed by atoms with Crippen molar-refractivity contribution in [2.45, 2.75) is 76.8 Å². The first-order chi connectivity index (χ1) is 9.36. The van der Waals surface area contributed by atoms with Gasteiger partial charge in [0.1, 0.15) is 12.2 Å². The van der Waals surface area contributed by atoms with Crippen molar-refractivity contribution in [1.29, 1.82) is 0 Å². The van der Waals surface area contributed by atoms with Crippen LogP contribution in [-0.2, 0) is 13.9 Å². The van der Waals surface area contributed by atoms with Gasteiger partial charge in [-0.05, 0) is 37.6 Å². The first-order valence-electron chi connectivity index (χ1n) is 7.72. The second kappa shape index (κ2) is 5.17. The van der Waals surface area contributed by atoms with Crippen molar-refractivity contribution in [2.75, 3.05) is 6.61 Å². The molecule has 4 atom stereocenters. The minimum absolute atomic E-state index is 0.000833. The Balaban J connectivity index is 2.08. The third-order valence-electron chi connectivity index (χ3n) is 5.16. The molecule has 0 unspecified atom stereocenters. The number of hydrogen-bond acceptors (Lipinski definition) is 4. The van der Waals surface area contributed by atoms with Crippen molar-refractivity contribution in [1.82, 2.24) is 0 Å². The third kappa shape index (κ3) is 3.12. The summed E-state index contributed by atoms with van der Waals surface area (Å²) >= 11 is 0. The molecule has 5 heteroatoms. The van der Waals surface area contributed by atoms with Crippen LogP contribution < -0.4 is 0 Å². The summed E-state index contributed by atoms with van der Waals surface area (Å²) in [6, 6.07) is 0. The van der Waals surface area contributed by atoms with Gasteiger partial charge < -0.3 is 19.0 Å². The van der Waals surface area contributed by atoms with Gasteiger partial charge in [-0.15, -0.1) is 0 Å². The molecule has 0 amide bonds. The van der Waals surface area contributed by atoms with Crippen LogP contribution in [0.15, 0.2) is 12.2 Å². The first kappa shape index (κ1) is 17.2. The van der Waals surface area contributed by atoms with Gasteiger partial charge in [0.15, 0.2) is 14.1 Å². The molecular formula is C16H30O4Si. The molecule has 1 heterocycles. The monoisotopic (exact) mass is 314 g/mol. The molecule has 0 radical (unpaired) electrons. The van der Waals surface area contributed by atoms with Crippen LogP contribution in [0.25, 0.3) is 0 Å². The number of ether oxygens (including phenoxy) is 2. The number of aliphatic hydroxyl groups excluding tert-OH is 1. The predicted molar refractivity (Wildman–Crippen MR) is 85.6 cm³/mol. The molecule has 0 aromatic carbocycles. The van der Waals surface area contributed by atoms with Gasteiger partial charge in [0.25, 0.3) is 0 Å². The fraction of sp³-hybridized carbons (Fsp3) is 0.875. The average Bonchev–Trinajstić information content (AvgIpc) is 2.71. The van der Waals surface area contributed by atoms with Gasteiger partial charge >= 0.3 is 0 Å². The van der Waals surface area contributed by atoms with E-state index in [0.29, 0.717) is 6.61 Å². The fourth-order valence-corrected chi connectivity index (χ4v) is 3.76. The van der Waals surface area contributed by atoms with Crippen LogP contribution >= 0.6 is 0 Å². The van der Waals surface area contributed by atoms with Gasteiger partial charge in [-0.25, -0.2) is 0 Å². The molecule has 21 heavy (non-hydrogen) atoms. The fourth-order valence-electron chi connectivity index (χ4n) is 2.73. The van der Waals surface area contributed by atoms with Crippen molar-refractivity contribution in [3.8, 4) is 0 Å². The Morgan fingerprint density at radius 3 is 2.29 bits per heavy atom. The van der Waals surface area contributed by atoms with E-state index in [4.69, 9.17) is 13.9 Å². The average molecular weight is 314 g/mol. The van der Waals surface area contributed by atoms with Crippen LogP contribution in [0.1, 0.15) is 34.6 Å². The van der Waals surface area contributed by atoms with E-state index in [1.54, 1.807) is 0 Å². The molecule has 0 bridgehead atoms. The topological polar surface area (TPSA) is 47.9 Å². The molecule has 1 aliphatic carbocycles. The molecule has 0 aromatic rings. The summed E-state index contributed by atoms with van der Waals surface area (Å²) in [6.07, 6.45) is -1.14. The van der Waals surface area contributed by atoms with Crippen molar-refractivity contribution in [3.05, 3.63) is 12.2 Å². The molecule has 4 nitrogen and oxygen atoms in total. The molecule has 0 aromatic heterocycles. The smallest absolute Gasteiger partial charge is 0.192 e. The Morgan fingerprint density at radius 1 is 1.24 bits per heavy atom. The Bertz CT molecular complexity index is 424. The SMILES string of the molecule is C=C1[C@@H](O)[C@@H]2OC(C)(C)O[C@@H]2[C@H]1CO[Si](C)(C)C(C)(C)C. The highest BCUT2D eigenvalue weighted by Gasteiger charge is 2.55. The van der Waals surface area contributed by atoms with Gasteiger partial charge in [0.05, 0.1) is 6.10 Å². The Hall–Kier alpha value is -0.203. The number of rotatable bonds is 3. The normalized spacial score (nSPS) is 36.1. The summed E-state index contributed by atoms with van der Waals surface area (Å²) in [5, 5.41) is 10.5. The quantitative estimate of drug-likeness (QED) is 0.642. The summed E-state index contributed by atoms with van der Waals surface area (Å²) in [4.78, 5) is 0. The lowest BCUT2D eigenvalue weighted by Gasteiger charge is -2.37.